The van der Waals surface area contributed by atoms with Crippen molar-refractivity contribution in [3.8, 4) is 11.5 Å². The third-order valence-corrected chi connectivity index (χ3v) is 7.36. The summed E-state index contributed by atoms with van der Waals surface area (Å²) >= 11 is 0. The lowest BCUT2D eigenvalue weighted by atomic mass is 9.89. The van der Waals surface area contributed by atoms with Gasteiger partial charge in [0.25, 0.3) is 10.0 Å². The number of rotatable bonds is 9. The zero-order valence-corrected chi connectivity index (χ0v) is 18.9. The van der Waals surface area contributed by atoms with Crippen molar-refractivity contribution in [2.24, 2.45) is 5.92 Å². The van der Waals surface area contributed by atoms with Crippen LogP contribution < -0.4 is 19.1 Å². The highest BCUT2D eigenvalue weighted by molar-refractivity contribution is 7.92. The Morgan fingerprint density at radius 1 is 1.00 bits per heavy atom. The maximum Gasteiger partial charge on any atom is 0.264 e. The predicted octanol–water partition coefficient (Wildman–Crippen LogP) is 3.60. The number of sulfonamides is 1. The highest BCUT2D eigenvalue weighted by Crippen LogP contribution is 2.32. The van der Waals surface area contributed by atoms with E-state index in [0.29, 0.717) is 29.6 Å². The number of hydrogen-bond acceptors (Lipinski definition) is 5. The van der Waals surface area contributed by atoms with Gasteiger partial charge >= 0.3 is 0 Å². The highest BCUT2D eigenvalue weighted by Gasteiger charge is 2.28. The molecule has 168 valence electrons. The van der Waals surface area contributed by atoms with Gasteiger partial charge in [-0.25, -0.2) is 8.42 Å². The quantitative estimate of drug-likeness (QED) is 0.636. The van der Waals surface area contributed by atoms with Crippen molar-refractivity contribution in [1.82, 2.24) is 5.32 Å². The smallest absolute Gasteiger partial charge is 0.264 e. The molecule has 31 heavy (non-hydrogen) atoms. The lowest BCUT2D eigenvalue weighted by molar-refractivity contribution is -0.119. The number of anilines is 1. The maximum atomic E-state index is 13.5. The molecule has 2 aromatic carbocycles. The lowest BCUT2D eigenvalue weighted by Crippen LogP contribution is -2.42. The van der Waals surface area contributed by atoms with E-state index in [1.807, 2.05) is 0 Å². The molecule has 7 nitrogen and oxygen atoms in total. The molecule has 3 rings (SSSR count). The van der Waals surface area contributed by atoms with E-state index in [4.69, 9.17) is 9.47 Å². The monoisotopic (exact) mass is 446 g/mol. The molecular weight excluding hydrogens is 416 g/mol. The van der Waals surface area contributed by atoms with Crippen molar-refractivity contribution in [3.05, 3.63) is 48.5 Å². The first kappa shape index (κ1) is 22.9. The van der Waals surface area contributed by atoms with Crippen LogP contribution in [0.3, 0.4) is 0 Å². The molecule has 1 fully saturated rings. The van der Waals surface area contributed by atoms with Crippen LogP contribution in [-0.4, -0.2) is 41.6 Å². The van der Waals surface area contributed by atoms with E-state index in [1.54, 1.807) is 30.3 Å². The van der Waals surface area contributed by atoms with Gasteiger partial charge in [-0.1, -0.05) is 37.5 Å². The fraction of sp³-hybridized carbons (Fsp3) is 0.435. The number of hydrogen-bond donors (Lipinski definition) is 1. The summed E-state index contributed by atoms with van der Waals surface area (Å²) in [6, 6.07) is 13.0. The van der Waals surface area contributed by atoms with Gasteiger partial charge in [-0.05, 0) is 43.0 Å². The summed E-state index contributed by atoms with van der Waals surface area (Å²) < 4.78 is 38.6. The van der Waals surface area contributed by atoms with Gasteiger partial charge in [0.2, 0.25) is 5.91 Å². The molecular formula is C23H30N2O5S. The van der Waals surface area contributed by atoms with Gasteiger partial charge in [0.05, 0.1) is 24.8 Å². The largest absolute Gasteiger partial charge is 0.493 e. The molecule has 0 aromatic heterocycles. The first-order chi connectivity index (χ1) is 15.0. The Labute approximate surface area is 184 Å². The number of methoxy groups -OCH3 is 2. The normalized spacial score (nSPS) is 14.6. The van der Waals surface area contributed by atoms with E-state index in [1.165, 1.54) is 51.7 Å². The molecule has 1 aliphatic carbocycles. The van der Waals surface area contributed by atoms with Crippen molar-refractivity contribution >= 4 is 21.6 Å². The average molecular weight is 447 g/mol. The second-order valence-corrected chi connectivity index (χ2v) is 9.53. The van der Waals surface area contributed by atoms with E-state index >= 15 is 0 Å². The Kier molecular flexibility index (Phi) is 7.79. The molecule has 1 aliphatic rings. The van der Waals surface area contributed by atoms with Crippen LogP contribution in [0.2, 0.25) is 0 Å². The fourth-order valence-corrected chi connectivity index (χ4v) is 5.29. The fourth-order valence-electron chi connectivity index (χ4n) is 3.85. The number of nitrogens with one attached hydrogen (secondary N) is 1. The number of carbonyl (C=O) groups excluding carboxylic acids is 1. The van der Waals surface area contributed by atoms with Gasteiger partial charge in [-0.2, -0.15) is 0 Å². The third-order valence-electron chi connectivity index (χ3n) is 5.59. The zero-order chi connectivity index (χ0) is 22.3. The average Bonchev–Trinajstić information content (AvgIpc) is 2.81. The summed E-state index contributed by atoms with van der Waals surface area (Å²) in [5.74, 6) is 0.875. The first-order valence-electron chi connectivity index (χ1n) is 10.5. The summed E-state index contributed by atoms with van der Waals surface area (Å²) in [5, 5.41) is 2.93. The molecule has 1 amide bonds. The van der Waals surface area contributed by atoms with Crippen molar-refractivity contribution in [1.29, 1.82) is 0 Å². The first-order valence-corrected chi connectivity index (χ1v) is 12.0. The maximum absolute atomic E-state index is 13.5. The van der Waals surface area contributed by atoms with Crippen LogP contribution in [0.15, 0.2) is 53.4 Å². The molecule has 0 saturated heterocycles. The van der Waals surface area contributed by atoms with Gasteiger partial charge in [-0.3, -0.25) is 9.10 Å². The van der Waals surface area contributed by atoms with Crippen molar-refractivity contribution in [2.45, 2.75) is 37.0 Å². The zero-order valence-electron chi connectivity index (χ0n) is 18.0. The molecule has 0 bridgehead atoms. The minimum atomic E-state index is -4.01. The van der Waals surface area contributed by atoms with Gasteiger partial charge in [0.15, 0.2) is 11.5 Å². The van der Waals surface area contributed by atoms with E-state index in [9.17, 15) is 13.2 Å². The standard InChI is InChI=1S/C23H30N2O5S/c1-29-21-14-13-20(15-22(21)30-2)31(27,28)25(19-11-7-4-8-12-19)17-23(26)24-16-18-9-5-3-6-10-18/h4,7-8,11-15,18H,3,5-6,9-10,16-17H2,1-2H3,(H,24,26). The summed E-state index contributed by atoms with van der Waals surface area (Å²) in [6.45, 7) is 0.283. The van der Waals surface area contributed by atoms with E-state index in [2.05, 4.69) is 5.32 Å². The second kappa shape index (κ2) is 10.5. The van der Waals surface area contributed by atoms with Crippen LogP contribution >= 0.6 is 0 Å². The van der Waals surface area contributed by atoms with Crippen molar-refractivity contribution < 1.29 is 22.7 Å². The number of ether oxygens (including phenoxy) is 2. The number of amides is 1. The van der Waals surface area contributed by atoms with E-state index in [-0.39, 0.29) is 17.3 Å². The molecule has 8 heteroatoms. The summed E-state index contributed by atoms with van der Waals surface area (Å²) in [7, 11) is -1.08. The van der Waals surface area contributed by atoms with Gasteiger partial charge in [0.1, 0.15) is 6.54 Å². The van der Waals surface area contributed by atoms with Crippen LogP contribution in [0, 0.1) is 5.92 Å². The molecule has 0 radical (unpaired) electrons. The summed E-state index contributed by atoms with van der Waals surface area (Å²) in [6.07, 6.45) is 5.82. The Balaban J connectivity index is 1.84. The Morgan fingerprint density at radius 3 is 2.32 bits per heavy atom. The molecule has 2 aromatic rings. The Bertz CT molecular complexity index is 973. The van der Waals surface area contributed by atoms with E-state index in [0.717, 1.165) is 17.1 Å². The van der Waals surface area contributed by atoms with Crippen LogP contribution in [-0.2, 0) is 14.8 Å². The molecule has 0 atom stereocenters. The molecule has 0 unspecified atom stereocenters. The molecule has 1 saturated carbocycles. The van der Waals surface area contributed by atoms with Crippen molar-refractivity contribution in [3.63, 3.8) is 0 Å². The number of benzene rings is 2. The van der Waals surface area contributed by atoms with Crippen LogP contribution in [0.4, 0.5) is 5.69 Å². The number of nitrogens with zero attached hydrogens (tertiary/aromatic N) is 1. The third kappa shape index (κ3) is 5.70. The number of para-hydroxylation sites is 1. The van der Waals surface area contributed by atoms with Crippen LogP contribution in [0.1, 0.15) is 32.1 Å². The number of carbonyl (C=O) groups is 1. The lowest BCUT2D eigenvalue weighted by Gasteiger charge is -2.26. The molecule has 0 heterocycles. The predicted molar refractivity (Wildman–Crippen MR) is 120 cm³/mol. The SMILES string of the molecule is COc1ccc(S(=O)(=O)N(CC(=O)NCC2CCCCC2)c2ccccc2)cc1OC. The van der Waals surface area contributed by atoms with Gasteiger partial charge in [0, 0.05) is 12.6 Å². The van der Waals surface area contributed by atoms with Gasteiger partial charge < -0.3 is 14.8 Å². The minimum Gasteiger partial charge on any atom is -0.493 e. The topological polar surface area (TPSA) is 84.9 Å². The Hall–Kier alpha value is -2.74. The molecule has 0 spiro atoms. The second-order valence-electron chi connectivity index (χ2n) is 7.67. The Morgan fingerprint density at radius 2 is 1.68 bits per heavy atom. The van der Waals surface area contributed by atoms with Crippen LogP contribution in [0.25, 0.3) is 0 Å². The van der Waals surface area contributed by atoms with Gasteiger partial charge in [-0.15, -0.1) is 0 Å². The molecule has 1 N–H and O–H groups in total. The highest BCUT2D eigenvalue weighted by atomic mass is 32.2. The van der Waals surface area contributed by atoms with E-state index < -0.39 is 10.0 Å². The summed E-state index contributed by atoms with van der Waals surface area (Å²) in [5.41, 5.74) is 0.421. The minimum absolute atomic E-state index is 0.0223. The van der Waals surface area contributed by atoms with Crippen LogP contribution in [0.5, 0.6) is 11.5 Å². The van der Waals surface area contributed by atoms with Crippen molar-refractivity contribution in [2.75, 3.05) is 31.6 Å². The molecule has 0 aliphatic heterocycles. The summed E-state index contributed by atoms with van der Waals surface area (Å²) in [4.78, 5) is 12.7.